The first-order valence-corrected chi connectivity index (χ1v) is 20.3. The number of anilines is 4. The van der Waals surface area contributed by atoms with Crippen LogP contribution < -0.4 is 20.4 Å². The number of amides is 4. The summed E-state index contributed by atoms with van der Waals surface area (Å²) in [6.07, 6.45) is -8.34. The maximum Gasteiger partial charge on any atom is 0.573 e. The van der Waals surface area contributed by atoms with Crippen LogP contribution in [0.3, 0.4) is 0 Å². The van der Waals surface area contributed by atoms with E-state index >= 15 is 4.79 Å². The number of alkyl halides is 6. The van der Waals surface area contributed by atoms with E-state index in [4.69, 9.17) is 23.2 Å². The first kappa shape index (κ1) is 42.7. The van der Waals surface area contributed by atoms with Crippen LogP contribution in [0.25, 0.3) is 0 Å². The van der Waals surface area contributed by atoms with Crippen molar-refractivity contribution >= 4 is 69.7 Å². The Balaban J connectivity index is 1.18. The van der Waals surface area contributed by atoms with E-state index in [0.29, 0.717) is 23.0 Å². The number of fused-ring (bicyclic) bond motifs is 4. The number of hydrogen-bond donors (Lipinski definition) is 3. The third kappa shape index (κ3) is 7.16. The van der Waals surface area contributed by atoms with Gasteiger partial charge in [0.1, 0.15) is 11.5 Å². The molecule has 4 aromatic carbocycles. The van der Waals surface area contributed by atoms with Crippen molar-refractivity contribution in [2.45, 2.75) is 36.7 Å². The van der Waals surface area contributed by atoms with Crippen molar-refractivity contribution < 1.29 is 55.4 Å². The molecule has 2 aliphatic carbocycles. The van der Waals surface area contributed by atoms with Crippen LogP contribution in [0.1, 0.15) is 35.4 Å². The second kappa shape index (κ2) is 15.6. The van der Waals surface area contributed by atoms with Gasteiger partial charge in [-0.15, -0.1) is 13.2 Å². The summed E-state index contributed by atoms with van der Waals surface area (Å²) < 4.78 is 86.1. The number of rotatable bonds is 8. The molecule has 3 N–H and O–H groups in total. The Labute approximate surface area is 369 Å². The van der Waals surface area contributed by atoms with Gasteiger partial charge in [-0.3, -0.25) is 29.5 Å². The number of aromatic nitrogens is 1. The minimum atomic E-state index is -5.19. The van der Waals surface area contributed by atoms with Crippen LogP contribution in [0.15, 0.2) is 121 Å². The van der Waals surface area contributed by atoms with E-state index in [1.807, 2.05) is 30.3 Å². The number of phenolic OH excluding ortho intramolecular Hbond substituents is 1. The number of ether oxygens (including phenoxy) is 1. The van der Waals surface area contributed by atoms with Crippen molar-refractivity contribution in [2.24, 2.45) is 23.7 Å². The topological polar surface area (TPSA) is 141 Å². The van der Waals surface area contributed by atoms with Crippen LogP contribution >= 0.6 is 23.2 Å². The van der Waals surface area contributed by atoms with E-state index in [-0.39, 0.29) is 40.3 Å². The number of phenols is 1. The summed E-state index contributed by atoms with van der Waals surface area (Å²) in [6.45, 7) is 0. The molecule has 328 valence electrons. The number of hydrogen-bond acceptors (Lipinski definition) is 9. The van der Waals surface area contributed by atoms with E-state index in [0.717, 1.165) is 28.8 Å². The van der Waals surface area contributed by atoms with Crippen LogP contribution in [0.4, 0.5) is 49.2 Å². The van der Waals surface area contributed by atoms with Crippen molar-refractivity contribution in [1.29, 1.82) is 0 Å². The molecule has 0 bridgehead atoms. The molecule has 9 rings (SSSR count). The van der Waals surface area contributed by atoms with Crippen LogP contribution in [0.2, 0.25) is 10.0 Å². The van der Waals surface area contributed by atoms with Gasteiger partial charge in [-0.2, -0.15) is 18.2 Å². The van der Waals surface area contributed by atoms with Gasteiger partial charge in [-0.25, -0.2) is 4.98 Å². The first-order valence-electron chi connectivity index (χ1n) is 19.6. The molecule has 3 fully saturated rings. The number of aromatic hydroxyl groups is 1. The number of allylic oxidation sites excluding steroid dienone is 2. The highest BCUT2D eigenvalue weighted by Crippen LogP contribution is 2.65. The van der Waals surface area contributed by atoms with Crippen LogP contribution in [-0.2, 0) is 30.8 Å². The first-order chi connectivity index (χ1) is 30.4. The molecule has 4 amide bonds. The Kier molecular flexibility index (Phi) is 10.4. The standard InChI is InChI=1S/C45H31Cl2F6N5O6/c46-24-8-6-22(7-9-24)43-33(40(61)58(42(43)63)56-38-34(47)18-23(21-54-38)44(48,49)50)20-31-29(37(43)32-19-28(14-17-35(32)59)64-45(51,52)53)15-16-30-36(31)41(62)57(39(30)60)27-12-10-26(11-13-27)55-25-4-2-1-3-5-25/h1-15,17-19,21,30-31,33,36-37,55,59H,16,20H2,(H,54,56)/t30-,31+,33-,36-,37+,43+/m0/s1. The van der Waals surface area contributed by atoms with Gasteiger partial charge in [0.25, 0.3) is 11.8 Å². The Hall–Kier alpha value is -6.59. The number of halogens is 8. The minimum absolute atomic E-state index is 0.0717. The van der Waals surface area contributed by atoms with Gasteiger partial charge in [-0.05, 0) is 97.1 Å². The highest BCUT2D eigenvalue weighted by molar-refractivity contribution is 6.33. The molecular weight excluding hydrogens is 891 g/mol. The van der Waals surface area contributed by atoms with Gasteiger partial charge in [-0.1, -0.05) is 65.2 Å². The summed E-state index contributed by atoms with van der Waals surface area (Å²) in [4.78, 5) is 64.2. The molecule has 2 aliphatic heterocycles. The number of imide groups is 2. The molecule has 0 radical (unpaired) electrons. The summed E-state index contributed by atoms with van der Waals surface area (Å²) in [7, 11) is 0. The molecule has 1 aromatic heterocycles. The van der Waals surface area contributed by atoms with Gasteiger partial charge >= 0.3 is 12.5 Å². The smallest absolute Gasteiger partial charge is 0.508 e. The number of para-hydroxylation sites is 1. The fourth-order valence-corrected chi connectivity index (χ4v) is 10.1. The Morgan fingerprint density at radius 2 is 1.48 bits per heavy atom. The van der Waals surface area contributed by atoms with Gasteiger partial charge in [0.05, 0.1) is 39.4 Å². The lowest BCUT2D eigenvalue weighted by Gasteiger charge is -2.50. The van der Waals surface area contributed by atoms with E-state index < -0.39 is 99.1 Å². The van der Waals surface area contributed by atoms with E-state index in [1.54, 1.807) is 30.3 Å². The van der Waals surface area contributed by atoms with Crippen molar-refractivity contribution in [1.82, 2.24) is 9.99 Å². The van der Waals surface area contributed by atoms with Crippen molar-refractivity contribution in [2.75, 3.05) is 15.6 Å². The lowest BCUT2D eigenvalue weighted by atomic mass is 9.49. The van der Waals surface area contributed by atoms with Gasteiger partial charge < -0.3 is 15.2 Å². The maximum absolute atomic E-state index is 15.4. The van der Waals surface area contributed by atoms with Crippen LogP contribution in [-0.4, -0.2) is 45.1 Å². The maximum atomic E-state index is 15.4. The van der Waals surface area contributed by atoms with Gasteiger partial charge in [0.15, 0.2) is 5.82 Å². The van der Waals surface area contributed by atoms with Crippen molar-refractivity contribution in [3.8, 4) is 11.5 Å². The van der Waals surface area contributed by atoms with E-state index in [9.17, 15) is 45.8 Å². The van der Waals surface area contributed by atoms with Gasteiger partial charge in [0, 0.05) is 34.1 Å². The third-order valence-electron chi connectivity index (χ3n) is 12.3. The average Bonchev–Trinajstić information content (AvgIpc) is 3.62. The summed E-state index contributed by atoms with van der Waals surface area (Å²) in [5, 5.41) is 14.9. The number of nitrogens with one attached hydrogen (secondary N) is 2. The largest absolute Gasteiger partial charge is 0.573 e. The highest BCUT2D eigenvalue weighted by atomic mass is 35.5. The van der Waals surface area contributed by atoms with Crippen molar-refractivity contribution in [3.05, 3.63) is 148 Å². The van der Waals surface area contributed by atoms with E-state index in [2.05, 4.69) is 20.5 Å². The molecule has 19 heteroatoms. The summed E-state index contributed by atoms with van der Waals surface area (Å²) in [5.41, 5.74) is 0.912. The number of benzene rings is 4. The fraction of sp³-hybridized carbons (Fsp3) is 0.222. The number of carbonyl (C=O) groups is 4. The number of pyridine rings is 1. The zero-order valence-electron chi connectivity index (χ0n) is 32.6. The highest BCUT2D eigenvalue weighted by Gasteiger charge is 2.71. The average molecular weight is 923 g/mol. The molecule has 5 aromatic rings. The third-order valence-corrected chi connectivity index (χ3v) is 12.8. The number of hydrazine groups is 1. The zero-order valence-corrected chi connectivity index (χ0v) is 34.1. The SMILES string of the molecule is O=C1[C@@H]2C[C@@H]3C(=CC[C@@H]4C(=O)N(c5ccc(Nc6ccccc6)cc5)C(=O)[C@@H]43)[C@H](c3cc(OC(F)(F)F)ccc3O)[C@]2(c2ccc(Cl)cc2)C(=O)N1Nc1ncc(C(F)(F)F)cc1Cl. The quantitative estimate of drug-likeness (QED) is 0.0788. The monoisotopic (exact) mass is 921 g/mol. The van der Waals surface area contributed by atoms with Crippen molar-refractivity contribution in [3.63, 3.8) is 0 Å². The minimum Gasteiger partial charge on any atom is -0.508 e. The number of nitrogens with zero attached hydrogens (tertiary/aromatic N) is 3. The lowest BCUT2D eigenvalue weighted by Crippen LogP contribution is -2.53. The van der Waals surface area contributed by atoms with Crippen LogP contribution in [0, 0.1) is 23.7 Å². The molecular formula is C45H31Cl2F6N5O6. The predicted octanol–water partition coefficient (Wildman–Crippen LogP) is 9.94. The molecule has 3 heterocycles. The molecule has 2 saturated heterocycles. The summed E-state index contributed by atoms with van der Waals surface area (Å²) in [5.74, 6) is -11.2. The van der Waals surface area contributed by atoms with Gasteiger partial charge in [0.2, 0.25) is 11.8 Å². The Bertz CT molecular complexity index is 2760. The van der Waals surface area contributed by atoms with Crippen LogP contribution in [0.5, 0.6) is 11.5 Å². The molecule has 0 spiro atoms. The molecule has 4 aliphatic rings. The normalized spacial score (nSPS) is 24.2. The summed E-state index contributed by atoms with van der Waals surface area (Å²) >= 11 is 12.5. The second-order valence-electron chi connectivity index (χ2n) is 15.7. The number of carbonyl (C=O) groups excluding carboxylic acids is 4. The molecule has 11 nitrogen and oxygen atoms in total. The molecule has 0 unspecified atom stereocenters. The molecule has 64 heavy (non-hydrogen) atoms. The zero-order chi connectivity index (χ0) is 45.5. The Morgan fingerprint density at radius 1 is 0.797 bits per heavy atom. The fourth-order valence-electron chi connectivity index (χ4n) is 9.72. The predicted molar refractivity (Wildman–Crippen MR) is 220 cm³/mol. The second-order valence-corrected chi connectivity index (χ2v) is 16.6. The molecule has 1 saturated carbocycles. The molecule has 6 atom stereocenters. The van der Waals surface area contributed by atoms with E-state index in [1.165, 1.54) is 24.3 Å². The summed E-state index contributed by atoms with van der Waals surface area (Å²) in [6, 6.07) is 24.7. The Morgan fingerprint density at radius 3 is 2.14 bits per heavy atom. The lowest BCUT2D eigenvalue weighted by molar-refractivity contribution is -0.274.